The van der Waals surface area contributed by atoms with Gasteiger partial charge >= 0.3 is 6.18 Å². The Morgan fingerprint density at radius 2 is 1.88 bits per heavy atom. The van der Waals surface area contributed by atoms with Crippen LogP contribution in [0.5, 0.6) is 0 Å². The summed E-state index contributed by atoms with van der Waals surface area (Å²) in [5, 5.41) is 4.13. The first-order valence-electron chi connectivity index (χ1n) is 7.88. The topological polar surface area (TPSA) is 74.0 Å². The second-order valence-corrected chi connectivity index (χ2v) is 6.14. The van der Waals surface area contributed by atoms with Crippen molar-refractivity contribution in [3.63, 3.8) is 0 Å². The summed E-state index contributed by atoms with van der Waals surface area (Å²) in [4.78, 5) is 8.40. The number of anilines is 1. The molecule has 0 fully saturated rings. The van der Waals surface area contributed by atoms with Crippen molar-refractivity contribution < 1.29 is 13.2 Å². The molecule has 0 aliphatic rings. The zero-order valence-electron chi connectivity index (χ0n) is 14.0. The highest BCUT2D eigenvalue weighted by Crippen LogP contribution is 2.31. The number of benzene rings is 1. The van der Waals surface area contributed by atoms with Gasteiger partial charge in [-0.2, -0.15) is 13.2 Å². The van der Waals surface area contributed by atoms with E-state index >= 15 is 0 Å². The van der Waals surface area contributed by atoms with Gasteiger partial charge in [-0.1, -0.05) is 6.07 Å². The molecule has 0 bridgehead atoms. The van der Waals surface area contributed by atoms with Gasteiger partial charge in [0.25, 0.3) is 0 Å². The zero-order valence-corrected chi connectivity index (χ0v) is 14.0. The fraction of sp³-hybridized carbons (Fsp3) is 0.235. The van der Waals surface area contributed by atoms with Gasteiger partial charge in [0.2, 0.25) is 5.95 Å². The number of hydrogen-bond acceptors (Lipinski definition) is 4. The molecule has 0 radical (unpaired) electrons. The number of aromatic nitrogens is 5. The van der Waals surface area contributed by atoms with E-state index in [2.05, 4.69) is 15.1 Å². The minimum atomic E-state index is -4.32. The molecule has 0 spiro atoms. The molecule has 4 rings (SSSR count). The lowest BCUT2D eigenvalue weighted by atomic mass is 10.1. The Morgan fingerprint density at radius 3 is 2.62 bits per heavy atom. The summed E-state index contributed by atoms with van der Waals surface area (Å²) >= 11 is 0. The van der Waals surface area contributed by atoms with Crippen LogP contribution < -0.4 is 5.73 Å². The summed E-state index contributed by atoms with van der Waals surface area (Å²) in [5.41, 5.74) is 9.67. The Bertz CT molecular complexity index is 1140. The molecular weight excluding hydrogens is 345 g/mol. The zero-order chi connectivity index (χ0) is 18.6. The molecule has 6 nitrogen and oxygen atoms in total. The summed E-state index contributed by atoms with van der Waals surface area (Å²) in [5.74, 6) is 0.481. The van der Waals surface area contributed by atoms with Crippen LogP contribution in [-0.4, -0.2) is 30.3 Å². The molecule has 0 aliphatic heterocycles. The van der Waals surface area contributed by atoms with Crippen molar-refractivity contribution in [1.29, 1.82) is 0 Å². The summed E-state index contributed by atoms with van der Waals surface area (Å²) < 4.78 is 41.6. The molecule has 3 aromatic heterocycles. The van der Waals surface area contributed by atoms with Gasteiger partial charge in [-0.3, -0.25) is 0 Å². The van der Waals surface area contributed by atoms with Crippen molar-refractivity contribution in [2.75, 3.05) is 5.73 Å². The van der Waals surface area contributed by atoms with Crippen molar-refractivity contribution in [2.45, 2.75) is 26.6 Å². The van der Waals surface area contributed by atoms with Gasteiger partial charge in [0.1, 0.15) is 12.4 Å². The van der Waals surface area contributed by atoms with Crippen LogP contribution in [0.4, 0.5) is 19.1 Å². The van der Waals surface area contributed by atoms with Crippen molar-refractivity contribution in [2.24, 2.45) is 0 Å². The summed E-state index contributed by atoms with van der Waals surface area (Å²) in [6.45, 7) is 2.31. The molecule has 0 aliphatic carbocycles. The predicted octanol–water partition coefficient (Wildman–Crippen LogP) is 3.51. The lowest BCUT2D eigenvalue weighted by Gasteiger charge is -2.11. The number of aryl methyl sites for hydroxylation is 2. The third kappa shape index (κ3) is 2.65. The number of nitrogen functional groups attached to an aromatic ring is 1. The number of fused-ring (bicyclic) bond motifs is 2. The maximum Gasteiger partial charge on any atom is 0.406 e. The predicted molar refractivity (Wildman–Crippen MR) is 91.7 cm³/mol. The molecule has 0 atom stereocenters. The maximum absolute atomic E-state index is 12.9. The highest BCUT2D eigenvalue weighted by atomic mass is 19.4. The van der Waals surface area contributed by atoms with Crippen molar-refractivity contribution in [3.05, 3.63) is 42.0 Å². The second kappa shape index (κ2) is 5.45. The van der Waals surface area contributed by atoms with Crippen LogP contribution in [0, 0.1) is 13.8 Å². The Kier molecular flexibility index (Phi) is 3.43. The Morgan fingerprint density at radius 1 is 1.12 bits per heavy atom. The SMILES string of the molecule is Cc1nc(N)nn2ccc(-c3ccc4nc(C)n(CC(F)(F)F)c4c3)c12. The summed E-state index contributed by atoms with van der Waals surface area (Å²) in [6.07, 6.45) is -2.57. The van der Waals surface area contributed by atoms with Crippen LogP contribution in [-0.2, 0) is 6.54 Å². The Hall–Kier alpha value is -3.10. The molecule has 0 unspecified atom stereocenters. The molecule has 4 aromatic rings. The third-order valence-electron chi connectivity index (χ3n) is 4.29. The highest BCUT2D eigenvalue weighted by molar-refractivity contribution is 5.88. The van der Waals surface area contributed by atoms with Gasteiger partial charge in [-0.05, 0) is 37.6 Å². The van der Waals surface area contributed by atoms with E-state index in [0.29, 0.717) is 22.6 Å². The first-order valence-corrected chi connectivity index (χ1v) is 7.88. The largest absolute Gasteiger partial charge is 0.406 e. The van der Waals surface area contributed by atoms with E-state index in [1.54, 1.807) is 29.8 Å². The first kappa shape index (κ1) is 16.4. The second-order valence-electron chi connectivity index (χ2n) is 6.14. The minimum Gasteiger partial charge on any atom is -0.367 e. The lowest BCUT2D eigenvalue weighted by molar-refractivity contribution is -0.140. The fourth-order valence-electron chi connectivity index (χ4n) is 3.25. The van der Waals surface area contributed by atoms with Gasteiger partial charge in [-0.15, -0.1) is 5.10 Å². The average Bonchev–Trinajstić information content (AvgIpc) is 3.08. The summed E-state index contributed by atoms with van der Waals surface area (Å²) in [6, 6.07) is 7.11. The lowest BCUT2D eigenvalue weighted by Crippen LogP contribution is -2.18. The molecule has 1 aromatic carbocycles. The molecule has 0 saturated heterocycles. The number of rotatable bonds is 2. The van der Waals surface area contributed by atoms with Gasteiger partial charge < -0.3 is 10.3 Å². The van der Waals surface area contributed by atoms with E-state index in [1.807, 2.05) is 19.1 Å². The van der Waals surface area contributed by atoms with Crippen LogP contribution in [0.25, 0.3) is 27.7 Å². The normalized spacial score (nSPS) is 12.3. The van der Waals surface area contributed by atoms with E-state index in [1.165, 1.54) is 4.57 Å². The minimum absolute atomic E-state index is 0.159. The third-order valence-corrected chi connectivity index (χ3v) is 4.29. The van der Waals surface area contributed by atoms with Gasteiger partial charge in [-0.25, -0.2) is 14.5 Å². The van der Waals surface area contributed by atoms with Gasteiger partial charge in [0, 0.05) is 11.8 Å². The van der Waals surface area contributed by atoms with Gasteiger partial charge in [0.15, 0.2) is 0 Å². The average molecular weight is 360 g/mol. The maximum atomic E-state index is 12.9. The number of nitrogens with two attached hydrogens (primary N) is 1. The van der Waals surface area contributed by atoms with Crippen LogP contribution in [0.15, 0.2) is 30.5 Å². The van der Waals surface area contributed by atoms with Crippen molar-refractivity contribution >= 4 is 22.5 Å². The first-order chi connectivity index (χ1) is 12.2. The Labute approximate surface area is 146 Å². The van der Waals surface area contributed by atoms with Crippen molar-refractivity contribution in [3.8, 4) is 11.1 Å². The number of alkyl halides is 3. The Balaban J connectivity index is 1.92. The van der Waals surface area contributed by atoms with Crippen LogP contribution in [0.2, 0.25) is 0 Å². The number of halogens is 3. The molecule has 3 heterocycles. The van der Waals surface area contributed by atoms with Crippen LogP contribution >= 0.6 is 0 Å². The molecule has 134 valence electrons. The van der Waals surface area contributed by atoms with Crippen LogP contribution in [0.1, 0.15) is 11.5 Å². The standard InChI is InChI=1S/C17H15F3N6/c1-9-15-12(5-6-26(15)24-16(21)22-9)11-3-4-13-14(7-11)25(10(2)23-13)8-17(18,19)20/h3-7H,8H2,1-2H3,(H2,21,24). The number of hydrogen-bond donors (Lipinski definition) is 1. The molecular formula is C17H15F3N6. The highest BCUT2D eigenvalue weighted by Gasteiger charge is 2.29. The molecule has 9 heteroatoms. The molecule has 2 N–H and O–H groups in total. The molecule has 26 heavy (non-hydrogen) atoms. The monoisotopic (exact) mass is 360 g/mol. The van der Waals surface area contributed by atoms with Gasteiger partial charge in [0.05, 0.1) is 22.2 Å². The fourth-order valence-corrected chi connectivity index (χ4v) is 3.25. The smallest absolute Gasteiger partial charge is 0.367 e. The summed E-state index contributed by atoms with van der Waals surface area (Å²) in [7, 11) is 0. The van der Waals surface area contributed by atoms with Crippen molar-refractivity contribution in [1.82, 2.24) is 24.1 Å². The quantitative estimate of drug-likeness (QED) is 0.594. The van der Waals surface area contributed by atoms with Crippen LogP contribution in [0.3, 0.4) is 0 Å². The van der Waals surface area contributed by atoms with E-state index in [-0.39, 0.29) is 5.95 Å². The number of imidazole rings is 1. The van der Waals surface area contributed by atoms with E-state index < -0.39 is 12.7 Å². The van der Waals surface area contributed by atoms with E-state index in [0.717, 1.165) is 16.6 Å². The van der Waals surface area contributed by atoms with E-state index in [4.69, 9.17) is 5.73 Å². The molecule has 0 amide bonds. The molecule has 0 saturated carbocycles. The number of nitrogens with zero attached hydrogens (tertiary/aromatic N) is 5. The van der Waals surface area contributed by atoms with E-state index in [9.17, 15) is 13.2 Å².